The second kappa shape index (κ2) is 14.2. The summed E-state index contributed by atoms with van der Waals surface area (Å²) in [5.74, 6) is 2.00. The summed E-state index contributed by atoms with van der Waals surface area (Å²) in [6.45, 7) is 18.3. The number of amidine groups is 1. The molecule has 0 aromatic heterocycles. The number of hydrogen-bond donors (Lipinski definition) is 0. The summed E-state index contributed by atoms with van der Waals surface area (Å²) in [6.07, 6.45) is 17.3. The predicted octanol–water partition coefficient (Wildman–Crippen LogP) is 7.87. The molecule has 0 radical (unpaired) electrons. The fraction of sp³-hybridized carbons (Fsp3) is 0.515. The largest absolute Gasteiger partial charge is 0.495 e. The van der Waals surface area contributed by atoms with Gasteiger partial charge in [0.25, 0.3) is 0 Å². The van der Waals surface area contributed by atoms with Crippen molar-refractivity contribution in [3.8, 4) is 5.75 Å². The van der Waals surface area contributed by atoms with Crippen LogP contribution in [-0.2, 0) is 0 Å². The number of hydrazine groups is 1. The zero-order valence-electron chi connectivity index (χ0n) is 25.5. The number of ether oxygens (including phenoxy) is 1. The van der Waals surface area contributed by atoms with E-state index >= 15 is 0 Å². The van der Waals surface area contributed by atoms with Gasteiger partial charge in [0, 0.05) is 36.9 Å². The molecule has 0 unspecified atom stereocenters. The van der Waals surface area contributed by atoms with Gasteiger partial charge in [0.2, 0.25) is 0 Å². The molecule has 1 spiro atoms. The van der Waals surface area contributed by atoms with E-state index < -0.39 is 0 Å². The number of allylic oxidation sites excluding steroid dienone is 4. The van der Waals surface area contributed by atoms with Crippen LogP contribution in [0, 0.1) is 5.41 Å². The van der Waals surface area contributed by atoms with Gasteiger partial charge in [-0.2, -0.15) is 0 Å². The Balaban J connectivity index is 0.000000644. The van der Waals surface area contributed by atoms with Crippen molar-refractivity contribution in [2.75, 3.05) is 38.2 Å². The Morgan fingerprint density at radius 2 is 1.85 bits per heavy atom. The summed E-state index contributed by atoms with van der Waals surface area (Å²) in [5.41, 5.74) is 6.38. The van der Waals surface area contributed by atoms with E-state index in [9.17, 15) is 0 Å². The van der Waals surface area contributed by atoms with Gasteiger partial charge in [-0.1, -0.05) is 38.1 Å². The first kappa shape index (κ1) is 30.3. The van der Waals surface area contributed by atoms with Crippen LogP contribution in [0.1, 0.15) is 79.7 Å². The average Bonchev–Trinajstić information content (AvgIpc) is 3.77. The Labute approximate surface area is 237 Å². The highest BCUT2D eigenvalue weighted by Crippen LogP contribution is 2.49. The van der Waals surface area contributed by atoms with Gasteiger partial charge in [-0.05, 0) is 95.2 Å². The lowest BCUT2D eigenvalue weighted by atomic mass is 10.0. The summed E-state index contributed by atoms with van der Waals surface area (Å²) in [4.78, 5) is 11.7. The van der Waals surface area contributed by atoms with Crippen LogP contribution in [-0.4, -0.2) is 55.5 Å². The fourth-order valence-corrected chi connectivity index (χ4v) is 4.93. The predicted molar refractivity (Wildman–Crippen MR) is 168 cm³/mol. The molecule has 4 aliphatic rings. The molecule has 5 rings (SSSR count). The van der Waals surface area contributed by atoms with Crippen LogP contribution in [0.25, 0.3) is 6.08 Å². The van der Waals surface area contributed by atoms with E-state index in [1.54, 1.807) is 7.11 Å². The molecule has 2 fully saturated rings. The molecule has 1 saturated heterocycles. The van der Waals surface area contributed by atoms with E-state index in [1.165, 1.54) is 29.7 Å². The molecule has 0 bridgehead atoms. The summed E-state index contributed by atoms with van der Waals surface area (Å²) in [7, 11) is 1.73. The lowest BCUT2D eigenvalue weighted by Gasteiger charge is -2.42. The minimum absolute atomic E-state index is 0.367. The van der Waals surface area contributed by atoms with Crippen molar-refractivity contribution in [1.82, 2.24) is 10.0 Å². The average molecular weight is 532 g/mol. The minimum Gasteiger partial charge on any atom is -0.495 e. The number of fused-ring (bicyclic) bond motifs is 1. The fourth-order valence-electron chi connectivity index (χ4n) is 4.93. The van der Waals surface area contributed by atoms with Gasteiger partial charge < -0.3 is 9.64 Å². The number of nitrogens with zero attached hydrogens (tertiary/aromatic N) is 5. The van der Waals surface area contributed by atoms with Gasteiger partial charge in [0.05, 0.1) is 25.7 Å². The van der Waals surface area contributed by atoms with E-state index in [1.807, 2.05) is 51.1 Å². The number of benzene rings is 1. The van der Waals surface area contributed by atoms with Gasteiger partial charge in [0.15, 0.2) is 0 Å². The highest BCUT2D eigenvalue weighted by molar-refractivity contribution is 6.03. The normalized spacial score (nSPS) is 20.9. The molecule has 1 saturated carbocycles. The van der Waals surface area contributed by atoms with Crippen LogP contribution in [0.2, 0.25) is 0 Å². The maximum atomic E-state index is 5.77. The lowest BCUT2D eigenvalue weighted by Crippen LogP contribution is -2.49. The number of methoxy groups -OCH3 is 1. The zero-order valence-corrected chi connectivity index (χ0v) is 25.5. The standard InChI is InChI=1S/C27H35N5O.C4H8.C2H6/c1-5-21(3)32-18-27(10-11-27)17-29-26-23(7-6-12-31(26)32)13-22-8-9-24(25(14-22)33-4)30-16-20(2)15-28-19-30;1-3-4-2;1-2/h5,8-9,13-14,16,19H,6-7,10-12,15,17-18H2,1-4H3;3-4H,1-2H3;1-2H3/b21-5+,23-13+;4-3-;. The van der Waals surface area contributed by atoms with Crippen molar-refractivity contribution in [1.29, 1.82) is 0 Å². The highest BCUT2D eigenvalue weighted by atomic mass is 16.5. The second-order valence-corrected chi connectivity index (χ2v) is 10.5. The van der Waals surface area contributed by atoms with Crippen molar-refractivity contribution < 1.29 is 4.74 Å². The smallest absolute Gasteiger partial charge is 0.145 e. The van der Waals surface area contributed by atoms with Crippen LogP contribution in [0.15, 0.2) is 69.5 Å². The quantitative estimate of drug-likeness (QED) is 0.371. The molecule has 39 heavy (non-hydrogen) atoms. The summed E-state index contributed by atoms with van der Waals surface area (Å²) < 4.78 is 5.77. The maximum Gasteiger partial charge on any atom is 0.145 e. The maximum absolute atomic E-state index is 5.77. The molecule has 3 heterocycles. The topological polar surface area (TPSA) is 43.7 Å². The number of rotatable bonds is 4. The van der Waals surface area contributed by atoms with Crippen LogP contribution in [0.3, 0.4) is 0 Å². The van der Waals surface area contributed by atoms with Gasteiger partial charge in [-0.15, -0.1) is 0 Å². The first-order valence-corrected chi connectivity index (χ1v) is 14.6. The summed E-state index contributed by atoms with van der Waals surface area (Å²) in [5, 5.41) is 4.92. The van der Waals surface area contributed by atoms with Gasteiger partial charge in [-0.25, -0.2) is 0 Å². The molecule has 212 valence electrons. The third-order valence-electron chi connectivity index (χ3n) is 7.53. The van der Waals surface area contributed by atoms with Gasteiger partial charge in [0.1, 0.15) is 11.6 Å². The summed E-state index contributed by atoms with van der Waals surface area (Å²) >= 11 is 0. The van der Waals surface area contributed by atoms with Crippen LogP contribution in [0.4, 0.5) is 5.69 Å². The third kappa shape index (κ3) is 7.43. The number of aliphatic imine (C=N–C) groups is 2. The second-order valence-electron chi connectivity index (χ2n) is 10.5. The molecule has 0 N–H and O–H groups in total. The molecule has 0 atom stereocenters. The Kier molecular flexibility index (Phi) is 11.0. The first-order valence-electron chi connectivity index (χ1n) is 14.6. The minimum atomic E-state index is 0.367. The molecule has 6 heteroatoms. The highest BCUT2D eigenvalue weighted by Gasteiger charge is 2.47. The van der Waals surface area contributed by atoms with E-state index in [-0.39, 0.29) is 0 Å². The molecule has 6 nitrogen and oxygen atoms in total. The van der Waals surface area contributed by atoms with Crippen molar-refractivity contribution >= 4 is 23.9 Å². The van der Waals surface area contributed by atoms with Gasteiger partial charge >= 0.3 is 0 Å². The van der Waals surface area contributed by atoms with Crippen LogP contribution in [0.5, 0.6) is 5.75 Å². The van der Waals surface area contributed by atoms with Crippen molar-refractivity contribution in [3.63, 3.8) is 0 Å². The van der Waals surface area contributed by atoms with Crippen molar-refractivity contribution in [2.24, 2.45) is 15.4 Å². The van der Waals surface area contributed by atoms with E-state index in [4.69, 9.17) is 9.73 Å². The molecule has 1 aromatic rings. The number of piperidine rings is 1. The Bertz CT molecular complexity index is 1150. The number of hydrogen-bond acceptors (Lipinski definition) is 6. The Hall–Kier alpha value is -3.28. The molecular formula is C33H49N5O. The monoisotopic (exact) mass is 531 g/mol. The first-order chi connectivity index (χ1) is 18.9. The van der Waals surface area contributed by atoms with Crippen LogP contribution >= 0.6 is 0 Å². The summed E-state index contributed by atoms with van der Waals surface area (Å²) in [6, 6.07) is 6.42. The van der Waals surface area contributed by atoms with E-state index in [2.05, 4.69) is 72.3 Å². The molecule has 0 amide bonds. The Morgan fingerprint density at radius 1 is 1.10 bits per heavy atom. The third-order valence-corrected chi connectivity index (χ3v) is 7.53. The zero-order chi connectivity index (χ0) is 28.4. The molecule has 1 aromatic carbocycles. The van der Waals surface area contributed by atoms with Crippen LogP contribution < -0.4 is 9.64 Å². The number of anilines is 1. The Morgan fingerprint density at radius 3 is 2.46 bits per heavy atom. The van der Waals surface area contributed by atoms with E-state index in [0.717, 1.165) is 61.9 Å². The van der Waals surface area contributed by atoms with Crippen molar-refractivity contribution in [3.05, 3.63) is 65.0 Å². The SMILES string of the molecule is C/C=C(\C)N1CC2(CC2)CN=C2/C(=C/c3ccc(N4C=NCC(C)=C4)c(OC)c3)CCCN21.C/C=C\C.CC. The molecule has 1 aliphatic carbocycles. The lowest BCUT2D eigenvalue weighted by molar-refractivity contribution is 0.0652. The van der Waals surface area contributed by atoms with E-state index in [0.29, 0.717) is 5.41 Å². The van der Waals surface area contributed by atoms with Crippen molar-refractivity contribution in [2.45, 2.75) is 74.1 Å². The van der Waals surface area contributed by atoms with Gasteiger partial charge in [-0.3, -0.25) is 20.0 Å². The molecular weight excluding hydrogens is 482 g/mol. The molecule has 3 aliphatic heterocycles.